The zero-order valence-electron chi connectivity index (χ0n) is 15.6. The van der Waals surface area contributed by atoms with Gasteiger partial charge in [-0.3, -0.25) is 29.4 Å². The molecule has 2 amide bonds. The van der Waals surface area contributed by atoms with Gasteiger partial charge in [-0.15, -0.1) is 0 Å². The fourth-order valence-electron chi connectivity index (χ4n) is 4.38. The quantitative estimate of drug-likeness (QED) is 0.469. The first kappa shape index (κ1) is 20.0. The van der Waals surface area contributed by atoms with Crippen molar-refractivity contribution in [2.45, 2.75) is 24.9 Å². The summed E-state index contributed by atoms with van der Waals surface area (Å²) in [5, 5.41) is 25.0. The van der Waals surface area contributed by atoms with Crippen LogP contribution in [0.3, 0.4) is 0 Å². The number of fused-ring (bicyclic) bond motifs is 1. The van der Waals surface area contributed by atoms with Gasteiger partial charge in [-0.2, -0.15) is 0 Å². The van der Waals surface area contributed by atoms with Crippen LogP contribution in [0.1, 0.15) is 23.6 Å². The van der Waals surface area contributed by atoms with E-state index in [1.165, 1.54) is 0 Å². The van der Waals surface area contributed by atoms with Crippen LogP contribution >= 0.6 is 0 Å². The number of hydrogen-bond donors (Lipinski definition) is 4. The van der Waals surface area contributed by atoms with Crippen molar-refractivity contribution in [2.24, 2.45) is 11.8 Å². The highest BCUT2D eigenvalue weighted by molar-refractivity contribution is 6.10. The van der Waals surface area contributed by atoms with Crippen LogP contribution in [0.5, 0.6) is 0 Å². The molecule has 2 heterocycles. The summed E-state index contributed by atoms with van der Waals surface area (Å²) >= 11 is 0. The predicted molar refractivity (Wildman–Crippen MR) is 97.3 cm³/mol. The van der Waals surface area contributed by atoms with Crippen LogP contribution < -0.4 is 10.6 Å². The first-order valence-corrected chi connectivity index (χ1v) is 9.03. The lowest BCUT2D eigenvalue weighted by Gasteiger charge is -2.30. The van der Waals surface area contributed by atoms with Gasteiger partial charge >= 0.3 is 11.9 Å². The minimum Gasteiger partial charge on any atom is -0.481 e. The summed E-state index contributed by atoms with van der Waals surface area (Å²) in [5.74, 6) is -6.17. The van der Waals surface area contributed by atoms with Crippen molar-refractivity contribution in [3.8, 4) is 0 Å². The van der Waals surface area contributed by atoms with Crippen LogP contribution in [0.15, 0.2) is 24.3 Å². The third-order valence-corrected chi connectivity index (χ3v) is 5.67. The Kier molecular flexibility index (Phi) is 5.22. The average molecular weight is 389 g/mol. The molecule has 150 valence electrons. The SMILES string of the molecule is CNCCN1C(=O)C2C(c3ccccc3C)NC(CC(=O)O)(C(=O)O)C2C1=O. The summed E-state index contributed by atoms with van der Waals surface area (Å²) in [4.78, 5) is 50.9. The normalized spacial score (nSPS) is 29.2. The molecule has 1 aromatic carbocycles. The molecule has 4 unspecified atom stereocenters. The highest BCUT2D eigenvalue weighted by Gasteiger charge is 2.69. The van der Waals surface area contributed by atoms with E-state index in [0.29, 0.717) is 12.1 Å². The predicted octanol–water partition coefficient (Wildman–Crippen LogP) is -0.242. The van der Waals surface area contributed by atoms with Crippen molar-refractivity contribution in [3.05, 3.63) is 35.4 Å². The van der Waals surface area contributed by atoms with Gasteiger partial charge in [-0.25, -0.2) is 0 Å². The van der Waals surface area contributed by atoms with Crippen molar-refractivity contribution >= 4 is 23.8 Å². The molecule has 0 radical (unpaired) electrons. The molecule has 3 rings (SSSR count). The maximum atomic E-state index is 13.1. The van der Waals surface area contributed by atoms with Crippen molar-refractivity contribution in [2.75, 3.05) is 20.1 Å². The number of hydrogen-bond acceptors (Lipinski definition) is 6. The van der Waals surface area contributed by atoms with Crippen LogP contribution in [-0.4, -0.2) is 64.5 Å². The number of carbonyl (C=O) groups is 4. The highest BCUT2D eigenvalue weighted by atomic mass is 16.4. The van der Waals surface area contributed by atoms with Gasteiger partial charge in [0, 0.05) is 19.1 Å². The van der Waals surface area contributed by atoms with E-state index < -0.39 is 53.6 Å². The van der Waals surface area contributed by atoms with Gasteiger partial charge < -0.3 is 15.5 Å². The maximum Gasteiger partial charge on any atom is 0.325 e. The number of carboxylic acid groups (broad SMARTS) is 2. The second kappa shape index (κ2) is 7.33. The number of rotatable bonds is 7. The molecule has 9 nitrogen and oxygen atoms in total. The number of benzene rings is 1. The minimum atomic E-state index is -2.05. The summed E-state index contributed by atoms with van der Waals surface area (Å²) in [6, 6.07) is 6.39. The van der Waals surface area contributed by atoms with E-state index in [2.05, 4.69) is 10.6 Å². The first-order chi connectivity index (χ1) is 13.2. The minimum absolute atomic E-state index is 0.102. The molecule has 2 aliphatic rings. The summed E-state index contributed by atoms with van der Waals surface area (Å²) in [5.41, 5.74) is -0.545. The molecule has 28 heavy (non-hydrogen) atoms. The van der Waals surface area contributed by atoms with Gasteiger partial charge in [0.15, 0.2) is 0 Å². The number of carbonyl (C=O) groups excluding carboxylic acids is 2. The van der Waals surface area contributed by atoms with E-state index in [4.69, 9.17) is 0 Å². The lowest BCUT2D eigenvalue weighted by atomic mass is 9.77. The molecule has 0 aromatic heterocycles. The Balaban J connectivity index is 2.14. The Morgan fingerprint density at radius 3 is 2.46 bits per heavy atom. The van der Waals surface area contributed by atoms with Crippen LogP contribution in [0.25, 0.3) is 0 Å². The molecule has 4 atom stereocenters. The van der Waals surface area contributed by atoms with Gasteiger partial charge in [0.2, 0.25) is 11.8 Å². The zero-order valence-corrected chi connectivity index (χ0v) is 15.6. The van der Waals surface area contributed by atoms with Crippen molar-refractivity contribution < 1.29 is 29.4 Å². The molecule has 2 fully saturated rings. The summed E-state index contributed by atoms with van der Waals surface area (Å²) in [7, 11) is 1.68. The van der Waals surface area contributed by atoms with Crippen LogP contribution in [-0.2, 0) is 19.2 Å². The Morgan fingerprint density at radius 1 is 1.21 bits per heavy atom. The molecule has 0 spiro atoms. The standard InChI is InChI=1S/C19H23N3O6/c1-10-5-3-4-6-11(10)15-13-14(17(26)22(16(13)25)8-7-20-2)19(21-15,18(27)28)9-12(23)24/h3-6,13-15,20-21H,7-9H2,1-2H3,(H,23,24)(H,27,28). The number of nitrogens with one attached hydrogen (secondary N) is 2. The van der Waals surface area contributed by atoms with Gasteiger partial charge in [0.05, 0.1) is 18.3 Å². The zero-order chi connectivity index (χ0) is 20.6. The number of likely N-dealkylation sites (tertiary alicyclic amines) is 1. The van der Waals surface area contributed by atoms with Gasteiger partial charge in [0.25, 0.3) is 0 Å². The molecule has 2 saturated heterocycles. The molecule has 0 bridgehead atoms. The number of imide groups is 1. The van der Waals surface area contributed by atoms with Crippen molar-refractivity contribution in [1.82, 2.24) is 15.5 Å². The molecule has 4 N–H and O–H groups in total. The number of carboxylic acids is 2. The lowest BCUT2D eigenvalue weighted by molar-refractivity contribution is -0.155. The smallest absolute Gasteiger partial charge is 0.325 e. The van der Waals surface area contributed by atoms with E-state index in [9.17, 15) is 29.4 Å². The molecular weight excluding hydrogens is 366 g/mol. The second-order valence-electron chi connectivity index (χ2n) is 7.26. The fourth-order valence-corrected chi connectivity index (χ4v) is 4.38. The fraction of sp³-hybridized carbons (Fsp3) is 0.474. The maximum absolute atomic E-state index is 13.1. The van der Waals surface area contributed by atoms with Gasteiger partial charge in [-0.1, -0.05) is 24.3 Å². The monoisotopic (exact) mass is 389 g/mol. The number of aliphatic carboxylic acids is 2. The average Bonchev–Trinajstić information content (AvgIpc) is 3.09. The summed E-state index contributed by atoms with van der Waals surface area (Å²) in [6.45, 7) is 2.28. The summed E-state index contributed by atoms with van der Waals surface area (Å²) in [6.07, 6.45) is -0.801. The molecule has 2 aliphatic heterocycles. The Labute approximate surface area is 161 Å². The van der Waals surface area contributed by atoms with E-state index in [0.717, 1.165) is 10.5 Å². The van der Waals surface area contributed by atoms with Crippen LogP contribution in [0.4, 0.5) is 0 Å². The molecular formula is C19H23N3O6. The Bertz CT molecular complexity index is 841. The van der Waals surface area contributed by atoms with E-state index in [-0.39, 0.29) is 6.54 Å². The largest absolute Gasteiger partial charge is 0.481 e. The Morgan fingerprint density at radius 2 is 1.89 bits per heavy atom. The van der Waals surface area contributed by atoms with Gasteiger partial charge in [-0.05, 0) is 25.1 Å². The van der Waals surface area contributed by atoms with E-state index in [1.807, 2.05) is 19.1 Å². The molecule has 0 saturated carbocycles. The number of amides is 2. The third-order valence-electron chi connectivity index (χ3n) is 5.67. The number of likely N-dealkylation sites (N-methyl/N-ethyl adjacent to an activating group) is 1. The summed E-state index contributed by atoms with van der Waals surface area (Å²) < 4.78 is 0. The van der Waals surface area contributed by atoms with Gasteiger partial charge in [0.1, 0.15) is 5.54 Å². The molecule has 0 aliphatic carbocycles. The van der Waals surface area contributed by atoms with Crippen molar-refractivity contribution in [1.29, 1.82) is 0 Å². The topological polar surface area (TPSA) is 136 Å². The van der Waals surface area contributed by atoms with Crippen LogP contribution in [0.2, 0.25) is 0 Å². The lowest BCUT2D eigenvalue weighted by Crippen LogP contribution is -2.57. The number of aryl methyl sites for hydroxylation is 1. The van der Waals surface area contributed by atoms with E-state index >= 15 is 0 Å². The Hall–Kier alpha value is -2.78. The number of nitrogens with zero attached hydrogens (tertiary/aromatic N) is 1. The second-order valence-corrected chi connectivity index (χ2v) is 7.26. The van der Waals surface area contributed by atoms with Crippen LogP contribution in [0, 0.1) is 18.8 Å². The third kappa shape index (κ3) is 2.96. The molecule has 9 heteroatoms. The van der Waals surface area contributed by atoms with Crippen molar-refractivity contribution in [3.63, 3.8) is 0 Å². The first-order valence-electron chi connectivity index (χ1n) is 9.03. The highest BCUT2D eigenvalue weighted by Crippen LogP contribution is 2.50. The molecule has 1 aromatic rings. The van der Waals surface area contributed by atoms with E-state index in [1.54, 1.807) is 19.2 Å².